The number of unbranched alkanes of at least 4 members (excludes halogenated alkanes) is 1. The van der Waals surface area contributed by atoms with Gasteiger partial charge >= 0.3 is 0 Å². The fourth-order valence-electron chi connectivity index (χ4n) is 2.97. The highest BCUT2D eigenvalue weighted by molar-refractivity contribution is 5.94. The summed E-state index contributed by atoms with van der Waals surface area (Å²) in [4.78, 5) is 12.8. The average Bonchev–Trinajstić information content (AvgIpc) is 2.68. The Morgan fingerprint density at radius 2 is 1.76 bits per heavy atom. The molecule has 0 aromatic heterocycles. The summed E-state index contributed by atoms with van der Waals surface area (Å²) in [7, 11) is 0. The number of hydrogen-bond donors (Lipinski definition) is 1. The van der Waals surface area contributed by atoms with Crippen molar-refractivity contribution in [3.63, 3.8) is 0 Å². The van der Waals surface area contributed by atoms with Gasteiger partial charge in [-0.3, -0.25) is 4.79 Å². The van der Waals surface area contributed by atoms with Crippen LogP contribution in [0.2, 0.25) is 0 Å². The van der Waals surface area contributed by atoms with Crippen LogP contribution in [0.15, 0.2) is 42.5 Å². The van der Waals surface area contributed by atoms with E-state index in [1.54, 1.807) is 0 Å². The maximum atomic E-state index is 12.8. The highest BCUT2D eigenvalue weighted by Crippen LogP contribution is 2.27. The Kier molecular flexibility index (Phi) is 8.56. The van der Waals surface area contributed by atoms with Gasteiger partial charge in [-0.05, 0) is 62.4 Å². The van der Waals surface area contributed by atoms with Crippen molar-refractivity contribution in [1.29, 1.82) is 0 Å². The molecule has 29 heavy (non-hydrogen) atoms. The molecule has 0 unspecified atom stereocenters. The van der Waals surface area contributed by atoms with Gasteiger partial charge in [0.2, 0.25) is 5.91 Å². The summed E-state index contributed by atoms with van der Waals surface area (Å²) < 4.78 is 11.7. The Morgan fingerprint density at radius 1 is 1.00 bits per heavy atom. The zero-order valence-corrected chi connectivity index (χ0v) is 18.5. The van der Waals surface area contributed by atoms with E-state index in [1.165, 1.54) is 5.56 Å². The van der Waals surface area contributed by atoms with E-state index in [4.69, 9.17) is 9.47 Å². The van der Waals surface area contributed by atoms with Crippen LogP contribution in [-0.2, 0) is 4.79 Å². The van der Waals surface area contributed by atoms with Gasteiger partial charge in [-0.1, -0.05) is 45.4 Å². The molecule has 0 aliphatic rings. The van der Waals surface area contributed by atoms with Gasteiger partial charge in [-0.25, -0.2) is 0 Å². The minimum Gasteiger partial charge on any atom is -0.494 e. The molecule has 0 aliphatic heterocycles. The molecule has 0 atom stereocenters. The van der Waals surface area contributed by atoms with Crippen LogP contribution in [0.25, 0.3) is 0 Å². The molecule has 0 aliphatic carbocycles. The maximum Gasteiger partial charge on any atom is 0.230 e. The Balaban J connectivity index is 1.83. The summed E-state index contributed by atoms with van der Waals surface area (Å²) in [6.07, 6.45) is 3.68. The Bertz CT molecular complexity index is 798. The molecular formula is C25H35NO3. The van der Waals surface area contributed by atoms with E-state index in [9.17, 15) is 4.79 Å². The lowest BCUT2D eigenvalue weighted by atomic mass is 9.87. The van der Waals surface area contributed by atoms with E-state index in [1.807, 2.05) is 45.0 Å². The van der Waals surface area contributed by atoms with E-state index >= 15 is 0 Å². The first-order chi connectivity index (χ1) is 13.8. The van der Waals surface area contributed by atoms with Crippen LogP contribution in [0, 0.1) is 19.3 Å². The fraction of sp³-hybridized carbons (Fsp3) is 0.480. The molecule has 4 heteroatoms. The Labute approximate surface area is 175 Å². The fourth-order valence-corrected chi connectivity index (χ4v) is 2.97. The summed E-state index contributed by atoms with van der Waals surface area (Å²) in [5.74, 6) is 1.72. The smallest absolute Gasteiger partial charge is 0.230 e. The maximum absolute atomic E-state index is 12.8. The van der Waals surface area contributed by atoms with Crippen molar-refractivity contribution in [2.45, 2.75) is 60.3 Å². The van der Waals surface area contributed by atoms with Crippen molar-refractivity contribution in [3.8, 4) is 11.5 Å². The molecule has 2 rings (SSSR count). The highest BCUT2D eigenvalue weighted by atomic mass is 16.5. The van der Waals surface area contributed by atoms with Crippen molar-refractivity contribution >= 4 is 11.6 Å². The summed E-state index contributed by atoms with van der Waals surface area (Å²) in [6, 6.07) is 13.8. The van der Waals surface area contributed by atoms with Crippen molar-refractivity contribution < 1.29 is 14.3 Å². The quantitative estimate of drug-likeness (QED) is 0.452. The van der Waals surface area contributed by atoms with Gasteiger partial charge in [0.1, 0.15) is 11.5 Å². The van der Waals surface area contributed by atoms with E-state index < -0.39 is 5.41 Å². The van der Waals surface area contributed by atoms with E-state index in [-0.39, 0.29) is 5.91 Å². The highest BCUT2D eigenvalue weighted by Gasteiger charge is 2.27. The number of benzene rings is 2. The number of aryl methyl sites for hydroxylation is 2. The van der Waals surface area contributed by atoms with Gasteiger partial charge < -0.3 is 14.8 Å². The second-order valence-corrected chi connectivity index (χ2v) is 8.29. The molecule has 0 heterocycles. The zero-order chi connectivity index (χ0) is 21.3. The zero-order valence-electron chi connectivity index (χ0n) is 18.5. The third-order valence-corrected chi connectivity index (χ3v) is 5.02. The van der Waals surface area contributed by atoms with Crippen LogP contribution in [0.4, 0.5) is 5.69 Å². The van der Waals surface area contributed by atoms with Gasteiger partial charge in [-0.2, -0.15) is 0 Å². The molecular weight excluding hydrogens is 362 g/mol. The summed E-state index contributed by atoms with van der Waals surface area (Å²) in [5.41, 5.74) is 2.60. The minimum absolute atomic E-state index is 0.00921. The molecule has 0 spiro atoms. The third-order valence-electron chi connectivity index (χ3n) is 5.02. The van der Waals surface area contributed by atoms with Gasteiger partial charge in [0.15, 0.2) is 0 Å². The monoisotopic (exact) mass is 397 g/mol. The Hall–Kier alpha value is -2.49. The molecule has 158 valence electrons. The minimum atomic E-state index is -0.482. The number of carbonyl (C=O) groups is 1. The predicted octanol–water partition coefficient (Wildman–Crippen LogP) is 6.31. The second-order valence-electron chi connectivity index (χ2n) is 8.29. The summed E-state index contributed by atoms with van der Waals surface area (Å²) in [5, 5.41) is 3.03. The lowest BCUT2D eigenvalue weighted by molar-refractivity contribution is -0.124. The topological polar surface area (TPSA) is 47.6 Å². The van der Waals surface area contributed by atoms with Crippen LogP contribution < -0.4 is 14.8 Å². The number of ether oxygens (including phenoxy) is 2. The van der Waals surface area contributed by atoms with Gasteiger partial charge in [-0.15, -0.1) is 0 Å². The first-order valence-electron chi connectivity index (χ1n) is 10.6. The molecule has 4 nitrogen and oxygen atoms in total. The molecule has 0 bridgehead atoms. The lowest BCUT2D eigenvalue weighted by Crippen LogP contribution is -2.31. The number of nitrogens with one attached hydrogen (secondary N) is 1. The van der Waals surface area contributed by atoms with E-state index in [2.05, 4.69) is 37.4 Å². The van der Waals surface area contributed by atoms with E-state index in [0.717, 1.165) is 48.4 Å². The molecule has 0 fully saturated rings. The van der Waals surface area contributed by atoms with Crippen molar-refractivity contribution in [2.24, 2.45) is 5.41 Å². The number of amides is 1. The van der Waals surface area contributed by atoms with Crippen LogP contribution in [0.3, 0.4) is 0 Å². The predicted molar refractivity (Wildman–Crippen MR) is 120 cm³/mol. The molecule has 0 saturated carbocycles. The number of hydrogen-bond acceptors (Lipinski definition) is 3. The summed E-state index contributed by atoms with van der Waals surface area (Å²) in [6.45, 7) is 11.5. The van der Waals surface area contributed by atoms with E-state index in [0.29, 0.717) is 13.2 Å². The van der Waals surface area contributed by atoms with Crippen LogP contribution in [0.1, 0.15) is 57.6 Å². The van der Waals surface area contributed by atoms with Crippen molar-refractivity contribution in [2.75, 3.05) is 18.5 Å². The molecule has 2 aromatic carbocycles. The molecule has 1 N–H and O–H groups in total. The molecule has 2 aromatic rings. The average molecular weight is 398 g/mol. The van der Waals surface area contributed by atoms with Gasteiger partial charge in [0.05, 0.1) is 13.2 Å². The largest absolute Gasteiger partial charge is 0.494 e. The SMILES string of the molecule is CCCCOc1cccc(NC(=O)C(C)(C)CCCOc2cc(C)ccc2C)c1. The first-order valence-corrected chi connectivity index (χ1v) is 10.6. The lowest BCUT2D eigenvalue weighted by Gasteiger charge is -2.24. The normalized spacial score (nSPS) is 11.2. The number of rotatable bonds is 11. The van der Waals surface area contributed by atoms with Crippen LogP contribution in [0.5, 0.6) is 11.5 Å². The molecule has 0 radical (unpaired) electrons. The van der Waals surface area contributed by atoms with Gasteiger partial charge in [0, 0.05) is 17.2 Å². The number of carbonyl (C=O) groups excluding carboxylic acids is 1. The van der Waals surface area contributed by atoms with Gasteiger partial charge in [0.25, 0.3) is 0 Å². The molecule has 0 saturated heterocycles. The first kappa shape index (κ1) is 22.8. The Morgan fingerprint density at radius 3 is 2.52 bits per heavy atom. The third kappa shape index (κ3) is 7.45. The van der Waals surface area contributed by atoms with Crippen molar-refractivity contribution in [3.05, 3.63) is 53.6 Å². The van der Waals surface area contributed by atoms with Crippen molar-refractivity contribution in [1.82, 2.24) is 0 Å². The van der Waals surface area contributed by atoms with Crippen LogP contribution in [-0.4, -0.2) is 19.1 Å². The summed E-state index contributed by atoms with van der Waals surface area (Å²) >= 11 is 0. The molecule has 1 amide bonds. The number of anilines is 1. The van der Waals surface area contributed by atoms with Crippen LogP contribution >= 0.6 is 0 Å². The second kappa shape index (κ2) is 10.9. The standard InChI is InChI=1S/C25H35NO3/c1-6-7-15-28-22-11-8-10-21(18-22)26-24(27)25(4,5)14-9-16-29-23-17-19(2)12-13-20(23)3/h8,10-13,17-18H,6-7,9,14-16H2,1-5H3,(H,26,27).